The predicted octanol–water partition coefficient (Wildman–Crippen LogP) is 3.42. The van der Waals surface area contributed by atoms with E-state index in [0.29, 0.717) is 0 Å². The number of alkyl halides is 3. The SMILES string of the molecule is C=C/C=C(/NC(=O)C(Cl)(Cl)Cl)[Si](C)(C)C. The molecule has 15 heavy (non-hydrogen) atoms. The molecule has 0 fully saturated rings. The van der Waals surface area contributed by atoms with Crippen LogP contribution in [-0.4, -0.2) is 17.8 Å². The Morgan fingerprint density at radius 2 is 1.80 bits per heavy atom. The van der Waals surface area contributed by atoms with Crippen LogP contribution in [0, 0.1) is 0 Å². The van der Waals surface area contributed by atoms with Gasteiger partial charge in [0.2, 0.25) is 0 Å². The van der Waals surface area contributed by atoms with E-state index in [1.165, 1.54) is 0 Å². The number of carbonyl (C=O) groups is 1. The van der Waals surface area contributed by atoms with Crippen LogP contribution in [0.15, 0.2) is 24.1 Å². The summed E-state index contributed by atoms with van der Waals surface area (Å²) >= 11 is 16.4. The Morgan fingerprint density at radius 1 is 1.33 bits per heavy atom. The number of carbonyl (C=O) groups excluding carboxylic acids is 1. The smallest absolute Gasteiger partial charge is 0.275 e. The second-order valence-corrected chi connectivity index (χ2v) is 11.3. The molecule has 0 aliphatic heterocycles. The van der Waals surface area contributed by atoms with Crippen molar-refractivity contribution < 1.29 is 4.79 Å². The summed E-state index contributed by atoms with van der Waals surface area (Å²) in [5.74, 6) is -0.636. The van der Waals surface area contributed by atoms with Crippen molar-refractivity contribution in [3.05, 3.63) is 24.1 Å². The summed E-state index contributed by atoms with van der Waals surface area (Å²) in [7, 11) is -1.67. The monoisotopic (exact) mass is 285 g/mol. The number of rotatable bonds is 3. The Balaban J connectivity index is 4.82. The van der Waals surface area contributed by atoms with Gasteiger partial charge in [-0.15, -0.1) is 0 Å². The number of amides is 1. The lowest BCUT2D eigenvalue weighted by atomic mass is 10.5. The average molecular weight is 287 g/mol. The molecule has 0 radical (unpaired) electrons. The highest BCUT2D eigenvalue weighted by molar-refractivity contribution is 6.83. The van der Waals surface area contributed by atoms with Gasteiger partial charge in [0.15, 0.2) is 0 Å². The summed E-state index contributed by atoms with van der Waals surface area (Å²) in [6.07, 6.45) is 3.34. The van der Waals surface area contributed by atoms with Crippen LogP contribution in [0.25, 0.3) is 0 Å². The maximum atomic E-state index is 11.4. The third-order valence-electron chi connectivity index (χ3n) is 1.60. The fourth-order valence-electron chi connectivity index (χ4n) is 0.790. The molecule has 0 spiro atoms. The molecule has 1 N–H and O–H groups in total. The third-order valence-corrected chi connectivity index (χ3v) is 4.02. The first-order valence-corrected chi connectivity index (χ1v) is 8.94. The highest BCUT2D eigenvalue weighted by atomic mass is 35.6. The molecule has 86 valence electrons. The van der Waals surface area contributed by atoms with Crippen molar-refractivity contribution in [2.45, 2.75) is 23.4 Å². The van der Waals surface area contributed by atoms with E-state index in [1.807, 2.05) is 0 Å². The van der Waals surface area contributed by atoms with Crippen molar-refractivity contribution in [1.82, 2.24) is 5.32 Å². The van der Waals surface area contributed by atoms with E-state index in [9.17, 15) is 4.79 Å². The first kappa shape index (κ1) is 15.0. The Labute approximate surface area is 106 Å². The van der Waals surface area contributed by atoms with Gasteiger partial charge >= 0.3 is 0 Å². The maximum Gasteiger partial charge on any atom is 0.275 e. The zero-order chi connectivity index (χ0) is 12.3. The summed E-state index contributed by atoms with van der Waals surface area (Å²) in [6.45, 7) is 9.79. The summed E-state index contributed by atoms with van der Waals surface area (Å²) < 4.78 is -1.93. The molecule has 2 nitrogen and oxygen atoms in total. The van der Waals surface area contributed by atoms with Crippen LogP contribution in [0.2, 0.25) is 19.6 Å². The Bertz CT molecular complexity index is 289. The normalized spacial score (nSPS) is 13.6. The number of nitrogens with one attached hydrogen (secondary N) is 1. The minimum Gasteiger partial charge on any atom is -0.330 e. The van der Waals surface area contributed by atoms with Gasteiger partial charge in [-0.25, -0.2) is 0 Å². The molecule has 0 bridgehead atoms. The molecule has 0 saturated heterocycles. The standard InChI is InChI=1S/C9H14Cl3NOSi/c1-5-6-7(15(2,3)4)13-8(14)9(10,11)12/h5-6H,1H2,2-4H3,(H,13,14)/b7-6-. The maximum absolute atomic E-state index is 11.4. The van der Waals surface area contributed by atoms with Crippen LogP contribution in [-0.2, 0) is 4.79 Å². The van der Waals surface area contributed by atoms with Crippen molar-refractivity contribution in [2.24, 2.45) is 0 Å². The lowest BCUT2D eigenvalue weighted by Crippen LogP contribution is -2.42. The average Bonchev–Trinajstić information content (AvgIpc) is 1.99. The topological polar surface area (TPSA) is 29.1 Å². The van der Waals surface area contributed by atoms with E-state index in [4.69, 9.17) is 34.8 Å². The number of hydrogen-bond acceptors (Lipinski definition) is 1. The lowest BCUT2D eigenvalue weighted by molar-refractivity contribution is -0.119. The summed E-state index contributed by atoms with van der Waals surface area (Å²) in [4.78, 5) is 11.4. The zero-order valence-electron chi connectivity index (χ0n) is 8.90. The molecule has 0 aliphatic carbocycles. The minimum absolute atomic E-state index is 0.636. The largest absolute Gasteiger partial charge is 0.330 e. The second kappa shape index (κ2) is 5.39. The van der Waals surface area contributed by atoms with Gasteiger partial charge in [-0.05, 0) is 6.08 Å². The van der Waals surface area contributed by atoms with Gasteiger partial charge in [0.05, 0.1) is 8.07 Å². The van der Waals surface area contributed by atoms with Gasteiger partial charge in [0, 0.05) is 5.32 Å². The zero-order valence-corrected chi connectivity index (χ0v) is 12.2. The van der Waals surface area contributed by atoms with E-state index < -0.39 is 17.8 Å². The molecule has 1 amide bonds. The molecular formula is C9H14Cl3NOSi. The number of hydrogen-bond donors (Lipinski definition) is 1. The number of allylic oxidation sites excluding steroid dienone is 2. The molecule has 0 rings (SSSR count). The van der Waals surface area contributed by atoms with E-state index in [-0.39, 0.29) is 0 Å². The first-order chi connectivity index (χ1) is 6.59. The molecule has 0 aromatic carbocycles. The van der Waals surface area contributed by atoms with E-state index in [0.717, 1.165) is 5.32 Å². The van der Waals surface area contributed by atoms with Gasteiger partial charge in [-0.1, -0.05) is 67.1 Å². The molecule has 0 saturated carbocycles. The third kappa shape index (κ3) is 5.61. The Hall–Kier alpha value is 0.0369. The van der Waals surface area contributed by atoms with Crippen LogP contribution in [0.3, 0.4) is 0 Å². The Morgan fingerprint density at radius 3 is 2.07 bits per heavy atom. The molecule has 6 heteroatoms. The molecule has 0 heterocycles. The molecule has 0 atom stereocenters. The van der Waals surface area contributed by atoms with Crippen molar-refractivity contribution >= 4 is 48.8 Å². The summed E-state index contributed by atoms with van der Waals surface area (Å²) in [6, 6.07) is 0. The molecule has 0 aromatic rings. The predicted molar refractivity (Wildman–Crippen MR) is 70.1 cm³/mol. The second-order valence-electron chi connectivity index (χ2n) is 4.02. The van der Waals surface area contributed by atoms with E-state index in [1.54, 1.807) is 12.2 Å². The van der Waals surface area contributed by atoms with Crippen LogP contribution < -0.4 is 5.32 Å². The molecule has 0 aliphatic rings. The molecule has 0 aromatic heterocycles. The Kier molecular flexibility index (Phi) is 5.40. The van der Waals surface area contributed by atoms with Crippen molar-refractivity contribution in [3.8, 4) is 0 Å². The van der Waals surface area contributed by atoms with Gasteiger partial charge in [-0.3, -0.25) is 4.79 Å². The highest BCUT2D eigenvalue weighted by Crippen LogP contribution is 2.27. The van der Waals surface area contributed by atoms with E-state index in [2.05, 4.69) is 31.5 Å². The summed E-state index contributed by atoms with van der Waals surface area (Å²) in [5, 5.41) is 3.40. The van der Waals surface area contributed by atoms with E-state index >= 15 is 0 Å². The fraction of sp³-hybridized carbons (Fsp3) is 0.444. The van der Waals surface area contributed by atoms with Crippen molar-refractivity contribution in [1.29, 1.82) is 0 Å². The van der Waals surface area contributed by atoms with Crippen LogP contribution >= 0.6 is 34.8 Å². The van der Waals surface area contributed by atoms with Gasteiger partial charge in [0.1, 0.15) is 0 Å². The lowest BCUT2D eigenvalue weighted by Gasteiger charge is -2.23. The van der Waals surface area contributed by atoms with Gasteiger partial charge < -0.3 is 5.32 Å². The molecule has 0 unspecified atom stereocenters. The first-order valence-electron chi connectivity index (χ1n) is 4.30. The summed E-state index contributed by atoms with van der Waals surface area (Å²) in [5.41, 5.74) is 0. The van der Waals surface area contributed by atoms with Crippen molar-refractivity contribution in [3.63, 3.8) is 0 Å². The van der Waals surface area contributed by atoms with Gasteiger partial charge in [0.25, 0.3) is 9.70 Å². The van der Waals surface area contributed by atoms with Gasteiger partial charge in [-0.2, -0.15) is 0 Å². The van der Waals surface area contributed by atoms with Crippen molar-refractivity contribution in [2.75, 3.05) is 0 Å². The quantitative estimate of drug-likeness (QED) is 0.481. The number of halogens is 3. The molecular weight excluding hydrogens is 273 g/mol. The minimum atomic E-state index is -1.93. The van der Waals surface area contributed by atoms with Crippen LogP contribution in [0.5, 0.6) is 0 Å². The fourth-order valence-corrected chi connectivity index (χ4v) is 2.04. The highest BCUT2D eigenvalue weighted by Gasteiger charge is 2.33. The van der Waals surface area contributed by atoms with Crippen LogP contribution in [0.1, 0.15) is 0 Å². The van der Waals surface area contributed by atoms with Crippen LogP contribution in [0.4, 0.5) is 0 Å².